The summed E-state index contributed by atoms with van der Waals surface area (Å²) in [5.41, 5.74) is 0. The predicted molar refractivity (Wildman–Crippen MR) is 363 cm³/mol. The summed E-state index contributed by atoms with van der Waals surface area (Å²) in [5.74, 6) is -0.768. The number of quaternary nitrogens is 1. The van der Waals surface area contributed by atoms with Crippen LogP contribution in [0.4, 0.5) is 0 Å². The van der Waals surface area contributed by atoms with Gasteiger partial charge in [-0.1, -0.05) is 386 Å². The molecule has 2 atom stereocenters. The zero-order chi connectivity index (χ0) is 61.2. The highest BCUT2D eigenvalue weighted by Gasteiger charge is 2.27. The first-order valence-electron chi connectivity index (χ1n) is 37.8. The van der Waals surface area contributed by atoms with Crippen molar-refractivity contribution >= 4 is 19.8 Å². The Labute approximate surface area is 524 Å². The summed E-state index contributed by atoms with van der Waals surface area (Å²) < 4.78 is 34.7. The molecule has 0 aromatic rings. The van der Waals surface area contributed by atoms with Gasteiger partial charge in [0, 0.05) is 12.8 Å². The van der Waals surface area contributed by atoms with Gasteiger partial charge in [-0.05, 0) is 12.8 Å². The normalized spacial score (nSPS) is 13.0. The van der Waals surface area contributed by atoms with Gasteiger partial charge in [0.15, 0.2) is 6.10 Å². The van der Waals surface area contributed by atoms with Crippen LogP contribution in [0.25, 0.3) is 0 Å². The summed E-state index contributed by atoms with van der Waals surface area (Å²) in [5, 5.41) is 0. The molecule has 0 bridgehead atoms. The maximum absolute atomic E-state index is 12.9. The van der Waals surface area contributed by atoms with Gasteiger partial charge in [-0.25, -0.2) is 4.57 Å². The summed E-state index contributed by atoms with van der Waals surface area (Å²) in [6.45, 7) is 4.53. The van der Waals surface area contributed by atoms with Crippen molar-refractivity contribution in [1.29, 1.82) is 0 Å². The van der Waals surface area contributed by atoms with E-state index in [1.54, 1.807) is 0 Å². The lowest BCUT2D eigenvalue weighted by Crippen LogP contribution is -2.37. The fraction of sp³-hybridized carbons (Fsp3) is 0.973. The van der Waals surface area contributed by atoms with E-state index in [1.165, 1.54) is 347 Å². The second-order valence-corrected chi connectivity index (χ2v) is 28.9. The maximum Gasteiger partial charge on any atom is 0.472 e. The van der Waals surface area contributed by atoms with Crippen molar-refractivity contribution in [2.45, 2.75) is 418 Å². The lowest BCUT2D eigenvalue weighted by atomic mass is 10.0. The minimum absolute atomic E-state index is 0.0377. The Hall–Kier alpha value is -0.990. The highest BCUT2D eigenvalue weighted by molar-refractivity contribution is 7.47. The monoisotopic (exact) mass is 1210 g/mol. The molecular formula is C74H149NO8P+. The molecule has 0 aliphatic rings. The van der Waals surface area contributed by atoms with Crippen molar-refractivity contribution in [3.63, 3.8) is 0 Å². The molecule has 0 heterocycles. The molecule has 0 rings (SSSR count). The number of phosphoric acid groups is 1. The van der Waals surface area contributed by atoms with E-state index in [9.17, 15) is 19.0 Å². The van der Waals surface area contributed by atoms with Gasteiger partial charge in [-0.2, -0.15) is 0 Å². The van der Waals surface area contributed by atoms with E-state index in [-0.39, 0.29) is 25.6 Å². The van der Waals surface area contributed by atoms with Gasteiger partial charge in [0.05, 0.1) is 27.7 Å². The highest BCUT2D eigenvalue weighted by Crippen LogP contribution is 2.43. The molecule has 0 aromatic heterocycles. The topological polar surface area (TPSA) is 108 Å². The average molecular weight is 1210 g/mol. The van der Waals surface area contributed by atoms with Crippen LogP contribution in [0.3, 0.4) is 0 Å². The molecule has 0 saturated heterocycles. The third-order valence-electron chi connectivity index (χ3n) is 17.6. The number of carbonyl (C=O) groups is 2. The van der Waals surface area contributed by atoms with Crippen molar-refractivity contribution in [3.8, 4) is 0 Å². The van der Waals surface area contributed by atoms with E-state index in [2.05, 4.69) is 13.8 Å². The van der Waals surface area contributed by atoms with Crippen molar-refractivity contribution in [3.05, 3.63) is 0 Å². The Bertz CT molecular complexity index is 1370. The minimum Gasteiger partial charge on any atom is -0.462 e. The number of rotatable bonds is 72. The Balaban J connectivity index is 3.82. The van der Waals surface area contributed by atoms with Gasteiger partial charge in [-0.3, -0.25) is 18.6 Å². The summed E-state index contributed by atoms with van der Waals surface area (Å²) in [6, 6.07) is 0. The Kier molecular flexibility index (Phi) is 65.6. The lowest BCUT2D eigenvalue weighted by molar-refractivity contribution is -0.870. The van der Waals surface area contributed by atoms with Crippen molar-refractivity contribution in [2.75, 3.05) is 47.5 Å². The quantitative estimate of drug-likeness (QED) is 0.0278. The summed E-state index contributed by atoms with van der Waals surface area (Å²) in [4.78, 5) is 35.8. The zero-order valence-corrected chi connectivity index (χ0v) is 58.3. The molecule has 0 amide bonds. The molecule has 0 aromatic carbocycles. The van der Waals surface area contributed by atoms with Crippen molar-refractivity contribution in [1.82, 2.24) is 0 Å². The molecule has 9 nitrogen and oxygen atoms in total. The van der Waals surface area contributed by atoms with Crippen LogP contribution in [0.15, 0.2) is 0 Å². The van der Waals surface area contributed by atoms with E-state index in [0.717, 1.165) is 38.5 Å². The van der Waals surface area contributed by atoms with Crippen LogP contribution in [0.2, 0.25) is 0 Å². The number of esters is 2. The van der Waals surface area contributed by atoms with Crippen LogP contribution in [-0.4, -0.2) is 74.9 Å². The second-order valence-electron chi connectivity index (χ2n) is 27.4. The third kappa shape index (κ3) is 70.1. The van der Waals surface area contributed by atoms with Crippen molar-refractivity contribution in [2.24, 2.45) is 0 Å². The molecule has 2 unspecified atom stereocenters. The molecule has 84 heavy (non-hydrogen) atoms. The van der Waals surface area contributed by atoms with Gasteiger partial charge in [-0.15, -0.1) is 0 Å². The number of carbonyl (C=O) groups excluding carboxylic acids is 2. The molecule has 0 spiro atoms. The van der Waals surface area contributed by atoms with Gasteiger partial charge in [0.1, 0.15) is 19.8 Å². The molecular weight excluding hydrogens is 1060 g/mol. The fourth-order valence-corrected chi connectivity index (χ4v) is 12.6. The van der Waals surface area contributed by atoms with Gasteiger partial charge in [0.2, 0.25) is 0 Å². The second kappa shape index (κ2) is 66.4. The Morgan fingerprint density at radius 2 is 0.536 bits per heavy atom. The standard InChI is InChI=1S/C74H148NO8P/c1-6-8-10-12-14-16-18-20-22-24-26-27-28-29-30-31-32-33-34-35-36-37-38-39-40-41-42-43-44-45-46-47-49-51-53-55-57-59-61-63-65-67-74(77)83-72(71-82-84(78,79)81-69-68-75(3,4)5)70-80-73(76)66-64-62-60-58-56-54-52-50-48-25-23-21-19-17-15-13-11-9-7-2/h72H,6-71H2,1-5H3/p+1. The van der Waals surface area contributed by atoms with E-state index in [4.69, 9.17) is 18.5 Å². The van der Waals surface area contributed by atoms with E-state index in [0.29, 0.717) is 17.4 Å². The number of phosphoric ester groups is 1. The van der Waals surface area contributed by atoms with Crippen molar-refractivity contribution < 1.29 is 42.1 Å². The maximum atomic E-state index is 12.9. The van der Waals surface area contributed by atoms with E-state index in [1.807, 2.05) is 21.1 Å². The van der Waals surface area contributed by atoms with E-state index < -0.39 is 26.5 Å². The zero-order valence-electron chi connectivity index (χ0n) is 57.4. The number of hydrogen-bond donors (Lipinski definition) is 1. The molecule has 502 valence electrons. The molecule has 10 heteroatoms. The summed E-state index contributed by atoms with van der Waals surface area (Å²) >= 11 is 0. The largest absolute Gasteiger partial charge is 0.472 e. The smallest absolute Gasteiger partial charge is 0.462 e. The number of unbranched alkanes of at least 4 members (excludes halogenated alkanes) is 58. The van der Waals surface area contributed by atoms with Crippen LogP contribution in [0.5, 0.6) is 0 Å². The van der Waals surface area contributed by atoms with Gasteiger partial charge >= 0.3 is 19.8 Å². The van der Waals surface area contributed by atoms with Crippen LogP contribution < -0.4 is 0 Å². The van der Waals surface area contributed by atoms with Gasteiger partial charge < -0.3 is 18.9 Å². The predicted octanol–water partition coefficient (Wildman–Crippen LogP) is 24.5. The van der Waals surface area contributed by atoms with Crippen LogP contribution in [0.1, 0.15) is 412 Å². The van der Waals surface area contributed by atoms with Gasteiger partial charge in [0.25, 0.3) is 0 Å². The lowest BCUT2D eigenvalue weighted by Gasteiger charge is -2.24. The first-order valence-corrected chi connectivity index (χ1v) is 39.3. The first-order chi connectivity index (χ1) is 41.0. The molecule has 0 saturated carbocycles. The summed E-state index contributed by atoms with van der Waals surface area (Å²) in [7, 11) is 1.51. The fourth-order valence-electron chi connectivity index (χ4n) is 11.8. The molecule has 0 aliphatic heterocycles. The van der Waals surface area contributed by atoms with Crippen LogP contribution in [-0.2, 0) is 32.7 Å². The molecule has 0 fully saturated rings. The number of likely N-dealkylation sites (N-methyl/N-ethyl adjacent to an activating group) is 1. The molecule has 1 N–H and O–H groups in total. The van der Waals surface area contributed by atoms with Crippen LogP contribution in [0, 0.1) is 0 Å². The summed E-state index contributed by atoms with van der Waals surface area (Å²) in [6.07, 6.45) is 81.1. The Morgan fingerprint density at radius 1 is 0.321 bits per heavy atom. The molecule has 0 radical (unpaired) electrons. The Morgan fingerprint density at radius 3 is 0.762 bits per heavy atom. The number of nitrogens with zero attached hydrogens (tertiary/aromatic N) is 1. The number of hydrogen-bond acceptors (Lipinski definition) is 7. The van der Waals surface area contributed by atoms with E-state index >= 15 is 0 Å². The van der Waals surface area contributed by atoms with Crippen LogP contribution >= 0.6 is 7.82 Å². The molecule has 0 aliphatic carbocycles. The first kappa shape index (κ1) is 83.0. The average Bonchev–Trinajstić information content (AvgIpc) is 3.61. The highest BCUT2D eigenvalue weighted by atomic mass is 31.2. The SMILES string of the molecule is CCCCCCCCCCCCCCCCCCCCCCCCCCCCCCCCCCCCCCCCCCCC(=O)OC(COC(=O)CCCCCCCCCCCCCCCCCCCCC)COP(=O)(O)OCC[N+](C)(C)C. The number of ether oxygens (including phenoxy) is 2. The third-order valence-corrected chi connectivity index (χ3v) is 18.6. The minimum atomic E-state index is -4.38.